The number of rotatable bonds is 10. The van der Waals surface area contributed by atoms with Crippen molar-refractivity contribution in [3.63, 3.8) is 0 Å². The molecular weight excluding hydrogens is 250 g/mol. The van der Waals surface area contributed by atoms with Crippen LogP contribution in [0.2, 0.25) is 0 Å². The Morgan fingerprint density at radius 1 is 1.35 bits per heavy atom. The minimum absolute atomic E-state index is 0.310. The largest absolute Gasteiger partial charge is 0.392 e. The van der Waals surface area contributed by atoms with Crippen molar-refractivity contribution in [3.8, 4) is 0 Å². The summed E-state index contributed by atoms with van der Waals surface area (Å²) in [6.07, 6.45) is 3.16. The Labute approximate surface area is 122 Å². The van der Waals surface area contributed by atoms with Crippen LogP contribution in [-0.2, 0) is 11.3 Å². The summed E-state index contributed by atoms with van der Waals surface area (Å²) < 4.78 is 5.15. The second-order valence-electron chi connectivity index (χ2n) is 5.23. The molecule has 1 atom stereocenters. The molecule has 0 aliphatic carbocycles. The molecule has 1 rings (SSSR count). The first-order valence-electron chi connectivity index (χ1n) is 7.21. The number of ether oxygens (including phenoxy) is 1. The third-order valence-electron chi connectivity index (χ3n) is 3.31. The molecule has 1 unspecified atom stereocenters. The highest BCUT2D eigenvalue weighted by atomic mass is 16.5. The van der Waals surface area contributed by atoms with E-state index in [2.05, 4.69) is 42.7 Å². The number of allylic oxidation sites excluding steroid dienone is 1. The summed E-state index contributed by atoms with van der Waals surface area (Å²) in [4.78, 5) is 2.24. The van der Waals surface area contributed by atoms with Crippen molar-refractivity contribution in [2.24, 2.45) is 0 Å². The normalized spacial score (nSPS) is 12.6. The first-order chi connectivity index (χ1) is 9.65. The molecule has 1 aromatic carbocycles. The zero-order chi connectivity index (χ0) is 14.8. The standard InChI is InChI=1S/C17H27NO2/c1-4-5-6-17(19)14-18(11-12-20-3)13-16-9-7-15(2)8-10-16/h4,7-10,17,19H,1,5-6,11-14H2,2-3H3. The van der Waals surface area contributed by atoms with Gasteiger partial charge in [-0.3, -0.25) is 4.90 Å². The number of nitrogens with zero attached hydrogens (tertiary/aromatic N) is 1. The molecular formula is C17H27NO2. The predicted molar refractivity (Wildman–Crippen MR) is 83.8 cm³/mol. The Kier molecular flexibility index (Phi) is 8.19. The van der Waals surface area contributed by atoms with Crippen LogP contribution in [0.25, 0.3) is 0 Å². The number of aliphatic hydroxyl groups is 1. The van der Waals surface area contributed by atoms with Gasteiger partial charge in [-0.2, -0.15) is 0 Å². The molecule has 0 aliphatic rings. The van der Waals surface area contributed by atoms with Crippen LogP contribution in [0.5, 0.6) is 0 Å². The fraction of sp³-hybridized carbons (Fsp3) is 0.529. The zero-order valence-electron chi connectivity index (χ0n) is 12.7. The van der Waals surface area contributed by atoms with Crippen LogP contribution in [0.15, 0.2) is 36.9 Å². The molecule has 20 heavy (non-hydrogen) atoms. The summed E-state index contributed by atoms with van der Waals surface area (Å²) in [6, 6.07) is 8.53. The fourth-order valence-corrected chi connectivity index (χ4v) is 2.11. The van der Waals surface area contributed by atoms with Crippen molar-refractivity contribution < 1.29 is 9.84 Å². The molecule has 0 amide bonds. The molecule has 0 heterocycles. The molecule has 0 fully saturated rings. The van der Waals surface area contributed by atoms with E-state index in [1.807, 2.05) is 6.08 Å². The van der Waals surface area contributed by atoms with Gasteiger partial charge in [0.25, 0.3) is 0 Å². The summed E-state index contributed by atoms with van der Waals surface area (Å²) in [6.45, 7) is 8.80. The number of hydrogen-bond acceptors (Lipinski definition) is 3. The minimum atomic E-state index is -0.310. The van der Waals surface area contributed by atoms with E-state index in [9.17, 15) is 5.11 Å². The van der Waals surface area contributed by atoms with E-state index in [-0.39, 0.29) is 6.10 Å². The SMILES string of the molecule is C=CCCC(O)CN(CCOC)Cc1ccc(C)cc1. The van der Waals surface area contributed by atoms with Gasteiger partial charge in [-0.25, -0.2) is 0 Å². The first-order valence-corrected chi connectivity index (χ1v) is 7.21. The lowest BCUT2D eigenvalue weighted by atomic mass is 10.1. The van der Waals surface area contributed by atoms with Gasteiger partial charge < -0.3 is 9.84 Å². The maximum atomic E-state index is 10.0. The molecule has 3 nitrogen and oxygen atoms in total. The minimum Gasteiger partial charge on any atom is -0.392 e. The molecule has 112 valence electrons. The molecule has 0 aromatic heterocycles. The van der Waals surface area contributed by atoms with Crippen LogP contribution in [0.1, 0.15) is 24.0 Å². The predicted octanol–water partition coefficient (Wildman–Crippen LogP) is 2.77. The second kappa shape index (κ2) is 9.70. The summed E-state index contributed by atoms with van der Waals surface area (Å²) in [5.74, 6) is 0. The van der Waals surface area contributed by atoms with Gasteiger partial charge in [-0.1, -0.05) is 35.9 Å². The Hall–Kier alpha value is -1.16. The van der Waals surface area contributed by atoms with Gasteiger partial charge in [0.1, 0.15) is 0 Å². The number of aliphatic hydroxyl groups excluding tert-OH is 1. The number of methoxy groups -OCH3 is 1. The van der Waals surface area contributed by atoms with Gasteiger partial charge >= 0.3 is 0 Å². The summed E-state index contributed by atoms with van der Waals surface area (Å²) in [5.41, 5.74) is 2.53. The van der Waals surface area contributed by atoms with Crippen LogP contribution in [0.3, 0.4) is 0 Å². The lowest BCUT2D eigenvalue weighted by molar-refractivity contribution is 0.0809. The summed E-state index contributed by atoms with van der Waals surface area (Å²) in [7, 11) is 1.71. The van der Waals surface area contributed by atoms with Gasteiger partial charge in [-0.05, 0) is 25.3 Å². The second-order valence-corrected chi connectivity index (χ2v) is 5.23. The maximum absolute atomic E-state index is 10.0. The van der Waals surface area contributed by atoms with E-state index in [1.54, 1.807) is 7.11 Å². The lowest BCUT2D eigenvalue weighted by Gasteiger charge is -2.25. The van der Waals surface area contributed by atoms with Crippen molar-refractivity contribution in [1.82, 2.24) is 4.90 Å². The summed E-state index contributed by atoms with van der Waals surface area (Å²) >= 11 is 0. The number of benzene rings is 1. The monoisotopic (exact) mass is 277 g/mol. The van der Waals surface area contributed by atoms with Crippen molar-refractivity contribution in [2.75, 3.05) is 26.8 Å². The molecule has 1 aromatic rings. The average Bonchev–Trinajstić information content (AvgIpc) is 2.45. The Balaban J connectivity index is 2.53. The Morgan fingerprint density at radius 3 is 2.65 bits per heavy atom. The summed E-state index contributed by atoms with van der Waals surface area (Å²) in [5, 5.41) is 10.0. The van der Waals surface area contributed by atoms with Crippen LogP contribution >= 0.6 is 0 Å². The smallest absolute Gasteiger partial charge is 0.0670 e. The average molecular weight is 277 g/mol. The molecule has 0 bridgehead atoms. The number of hydrogen-bond donors (Lipinski definition) is 1. The third kappa shape index (κ3) is 6.85. The van der Waals surface area contributed by atoms with E-state index in [0.29, 0.717) is 13.2 Å². The molecule has 0 saturated carbocycles. The Bertz CT molecular complexity index is 375. The van der Waals surface area contributed by atoms with Crippen molar-refractivity contribution in [2.45, 2.75) is 32.4 Å². The Morgan fingerprint density at radius 2 is 2.05 bits per heavy atom. The maximum Gasteiger partial charge on any atom is 0.0670 e. The fourth-order valence-electron chi connectivity index (χ4n) is 2.11. The molecule has 0 spiro atoms. The van der Waals surface area contributed by atoms with Crippen molar-refractivity contribution >= 4 is 0 Å². The number of aryl methyl sites for hydroxylation is 1. The third-order valence-corrected chi connectivity index (χ3v) is 3.31. The first kappa shape index (κ1) is 16.9. The van der Waals surface area contributed by atoms with Crippen molar-refractivity contribution in [3.05, 3.63) is 48.0 Å². The highest BCUT2D eigenvalue weighted by Crippen LogP contribution is 2.09. The van der Waals surface area contributed by atoms with E-state index in [0.717, 1.165) is 25.9 Å². The van der Waals surface area contributed by atoms with Gasteiger partial charge in [0.05, 0.1) is 12.7 Å². The van der Waals surface area contributed by atoms with Gasteiger partial charge in [-0.15, -0.1) is 6.58 Å². The van der Waals surface area contributed by atoms with Crippen LogP contribution < -0.4 is 0 Å². The van der Waals surface area contributed by atoms with E-state index in [1.165, 1.54) is 11.1 Å². The molecule has 1 N–H and O–H groups in total. The van der Waals surface area contributed by atoms with Crippen LogP contribution in [0.4, 0.5) is 0 Å². The van der Waals surface area contributed by atoms with Crippen LogP contribution in [-0.4, -0.2) is 42.9 Å². The van der Waals surface area contributed by atoms with Gasteiger partial charge in [0.15, 0.2) is 0 Å². The van der Waals surface area contributed by atoms with E-state index < -0.39 is 0 Å². The molecule has 3 heteroatoms. The topological polar surface area (TPSA) is 32.7 Å². The molecule has 0 aliphatic heterocycles. The van der Waals surface area contributed by atoms with Gasteiger partial charge in [0.2, 0.25) is 0 Å². The zero-order valence-corrected chi connectivity index (χ0v) is 12.7. The van der Waals surface area contributed by atoms with E-state index >= 15 is 0 Å². The molecule has 0 saturated heterocycles. The lowest BCUT2D eigenvalue weighted by Crippen LogP contribution is -2.34. The van der Waals surface area contributed by atoms with Crippen molar-refractivity contribution in [1.29, 1.82) is 0 Å². The highest BCUT2D eigenvalue weighted by Gasteiger charge is 2.11. The van der Waals surface area contributed by atoms with Gasteiger partial charge in [0, 0.05) is 26.7 Å². The quantitative estimate of drug-likeness (QED) is 0.668. The highest BCUT2D eigenvalue weighted by molar-refractivity contribution is 5.21. The molecule has 0 radical (unpaired) electrons. The van der Waals surface area contributed by atoms with Crippen LogP contribution in [0, 0.1) is 6.92 Å². The van der Waals surface area contributed by atoms with E-state index in [4.69, 9.17) is 4.74 Å².